The van der Waals surface area contributed by atoms with Crippen molar-refractivity contribution in [1.29, 1.82) is 0 Å². The smallest absolute Gasteiger partial charge is 0.215 e. The Morgan fingerprint density at radius 1 is 1.27 bits per heavy atom. The highest BCUT2D eigenvalue weighted by molar-refractivity contribution is 9.10. The van der Waals surface area contributed by atoms with Crippen molar-refractivity contribution >= 4 is 26.0 Å². The Morgan fingerprint density at radius 3 is 2.40 bits per heavy atom. The summed E-state index contributed by atoms with van der Waals surface area (Å²) in [6.07, 6.45) is 0. The van der Waals surface area contributed by atoms with Gasteiger partial charge in [0.25, 0.3) is 0 Å². The molecule has 0 fully saturated rings. The number of sulfonamides is 1. The van der Waals surface area contributed by atoms with Gasteiger partial charge in [-0.05, 0) is 17.7 Å². The lowest BCUT2D eigenvalue weighted by molar-refractivity contribution is 0.301. The van der Waals surface area contributed by atoms with Gasteiger partial charge in [0.15, 0.2) is 0 Å². The maximum absolute atomic E-state index is 11.4. The molecule has 0 saturated carbocycles. The topological polar surface area (TPSA) is 66.4 Å². The van der Waals surface area contributed by atoms with Gasteiger partial charge in [0.1, 0.15) is 0 Å². The van der Waals surface area contributed by atoms with Crippen LogP contribution in [0.1, 0.15) is 5.56 Å². The van der Waals surface area contributed by atoms with E-state index in [1.54, 1.807) is 24.3 Å². The molecule has 4 nitrogen and oxygen atoms in total. The summed E-state index contributed by atoms with van der Waals surface area (Å²) >= 11 is 3.27. The molecule has 0 unspecified atom stereocenters. The van der Waals surface area contributed by atoms with Gasteiger partial charge >= 0.3 is 0 Å². The van der Waals surface area contributed by atoms with Gasteiger partial charge in [-0.15, -0.1) is 0 Å². The lowest BCUT2D eigenvalue weighted by Gasteiger charge is -2.05. The number of aliphatic hydroxyl groups is 1. The van der Waals surface area contributed by atoms with Gasteiger partial charge in [0.05, 0.1) is 12.4 Å². The molecular formula is C9H12BrNO3S. The van der Waals surface area contributed by atoms with Crippen LogP contribution in [0.3, 0.4) is 0 Å². The number of benzene rings is 1. The van der Waals surface area contributed by atoms with Gasteiger partial charge in [0.2, 0.25) is 10.0 Å². The molecule has 15 heavy (non-hydrogen) atoms. The minimum absolute atomic E-state index is 0.0544. The Balaban J connectivity index is 2.65. The van der Waals surface area contributed by atoms with Crippen LogP contribution in [0.5, 0.6) is 0 Å². The first-order chi connectivity index (χ1) is 7.03. The van der Waals surface area contributed by atoms with Crippen LogP contribution in [0, 0.1) is 0 Å². The minimum atomic E-state index is -3.33. The van der Waals surface area contributed by atoms with Crippen LogP contribution in [0.2, 0.25) is 0 Å². The van der Waals surface area contributed by atoms with Gasteiger partial charge in [-0.3, -0.25) is 0 Å². The maximum atomic E-state index is 11.4. The quantitative estimate of drug-likeness (QED) is 0.846. The number of nitrogens with one attached hydrogen (secondary N) is 1. The first-order valence-electron chi connectivity index (χ1n) is 4.36. The van der Waals surface area contributed by atoms with Crippen LogP contribution in [0.4, 0.5) is 0 Å². The summed E-state index contributed by atoms with van der Waals surface area (Å²) in [6, 6.07) is 7.05. The highest BCUT2D eigenvalue weighted by Crippen LogP contribution is 2.12. The van der Waals surface area contributed by atoms with Crippen molar-refractivity contribution in [2.24, 2.45) is 0 Å². The number of hydrogen-bond donors (Lipinski definition) is 2. The molecule has 0 spiro atoms. The van der Waals surface area contributed by atoms with Gasteiger partial charge in [-0.1, -0.05) is 28.1 Å². The average Bonchev–Trinajstić information content (AvgIpc) is 2.18. The zero-order valence-electron chi connectivity index (χ0n) is 7.98. The molecule has 0 aromatic heterocycles. The lowest BCUT2D eigenvalue weighted by Crippen LogP contribution is -2.27. The second-order valence-electron chi connectivity index (χ2n) is 3.00. The van der Waals surface area contributed by atoms with Crippen LogP contribution >= 0.6 is 15.9 Å². The van der Waals surface area contributed by atoms with E-state index in [1.807, 2.05) is 0 Å². The van der Waals surface area contributed by atoms with E-state index in [0.717, 1.165) is 4.47 Å². The first-order valence-corrected chi connectivity index (χ1v) is 6.81. The molecule has 0 aliphatic rings. The fraction of sp³-hybridized carbons (Fsp3) is 0.333. The van der Waals surface area contributed by atoms with Gasteiger partial charge < -0.3 is 5.11 Å². The van der Waals surface area contributed by atoms with Gasteiger partial charge in [0, 0.05) is 11.0 Å². The number of aliphatic hydroxyl groups excluding tert-OH is 1. The van der Waals surface area contributed by atoms with Crippen molar-refractivity contribution in [2.75, 3.05) is 13.2 Å². The molecule has 0 radical (unpaired) electrons. The Bertz CT molecular complexity index is 402. The fourth-order valence-corrected chi connectivity index (χ4v) is 2.45. The lowest BCUT2D eigenvalue weighted by atomic mass is 10.2. The summed E-state index contributed by atoms with van der Waals surface area (Å²) in [4.78, 5) is 0. The molecule has 0 saturated heterocycles. The molecule has 84 valence electrons. The van der Waals surface area contributed by atoms with E-state index in [0.29, 0.717) is 5.56 Å². The van der Waals surface area contributed by atoms with Crippen molar-refractivity contribution in [3.05, 3.63) is 34.3 Å². The van der Waals surface area contributed by atoms with E-state index in [2.05, 4.69) is 20.7 Å². The maximum Gasteiger partial charge on any atom is 0.215 e. The normalized spacial score (nSPS) is 11.6. The van der Waals surface area contributed by atoms with E-state index < -0.39 is 10.0 Å². The van der Waals surface area contributed by atoms with E-state index in [4.69, 9.17) is 5.11 Å². The van der Waals surface area contributed by atoms with Crippen molar-refractivity contribution in [2.45, 2.75) is 5.75 Å². The van der Waals surface area contributed by atoms with Crippen molar-refractivity contribution in [3.8, 4) is 0 Å². The second-order valence-corrected chi connectivity index (χ2v) is 5.73. The molecule has 0 bridgehead atoms. The number of hydrogen-bond acceptors (Lipinski definition) is 3. The molecule has 1 aromatic rings. The highest BCUT2D eigenvalue weighted by Gasteiger charge is 2.09. The zero-order valence-corrected chi connectivity index (χ0v) is 10.4. The largest absolute Gasteiger partial charge is 0.395 e. The monoisotopic (exact) mass is 293 g/mol. The summed E-state index contributed by atoms with van der Waals surface area (Å²) < 4.78 is 26.0. The Kier molecular flexibility index (Phi) is 4.72. The van der Waals surface area contributed by atoms with Crippen molar-refractivity contribution in [1.82, 2.24) is 4.72 Å². The average molecular weight is 294 g/mol. The Labute approximate surface area is 97.5 Å². The molecule has 0 heterocycles. The molecular weight excluding hydrogens is 282 g/mol. The number of rotatable bonds is 5. The predicted octanol–water partition coefficient (Wildman–Crippen LogP) is 0.861. The number of halogens is 1. The standard InChI is InChI=1S/C9H12BrNO3S/c10-9-3-1-8(2-4-9)7-15(13,14)11-5-6-12/h1-4,11-12H,5-7H2. The van der Waals surface area contributed by atoms with Crippen LogP contribution in [-0.4, -0.2) is 26.7 Å². The minimum Gasteiger partial charge on any atom is -0.395 e. The molecule has 1 rings (SSSR count). The molecule has 0 amide bonds. The van der Waals surface area contributed by atoms with Gasteiger partial charge in [-0.2, -0.15) is 0 Å². The zero-order chi connectivity index (χ0) is 11.3. The SMILES string of the molecule is O=S(=O)(Cc1ccc(Br)cc1)NCCO. The first kappa shape index (κ1) is 12.6. The van der Waals surface area contributed by atoms with Crippen LogP contribution in [-0.2, 0) is 15.8 Å². The Hall–Kier alpha value is -0.430. The molecule has 6 heteroatoms. The van der Waals surface area contributed by atoms with Crippen LogP contribution in [0.15, 0.2) is 28.7 Å². The Morgan fingerprint density at radius 2 is 1.87 bits per heavy atom. The van der Waals surface area contributed by atoms with E-state index in [-0.39, 0.29) is 18.9 Å². The third kappa shape index (κ3) is 4.74. The van der Waals surface area contributed by atoms with E-state index >= 15 is 0 Å². The third-order valence-electron chi connectivity index (χ3n) is 1.70. The molecule has 0 aliphatic carbocycles. The van der Waals surface area contributed by atoms with E-state index in [1.165, 1.54) is 0 Å². The van der Waals surface area contributed by atoms with Gasteiger partial charge in [-0.25, -0.2) is 13.1 Å². The summed E-state index contributed by atoms with van der Waals surface area (Å²) in [7, 11) is -3.33. The molecule has 1 aromatic carbocycles. The van der Waals surface area contributed by atoms with Crippen LogP contribution < -0.4 is 4.72 Å². The third-order valence-corrected chi connectivity index (χ3v) is 3.59. The van der Waals surface area contributed by atoms with Crippen LogP contribution in [0.25, 0.3) is 0 Å². The summed E-state index contributed by atoms with van der Waals surface area (Å²) in [5.41, 5.74) is 0.712. The highest BCUT2D eigenvalue weighted by atomic mass is 79.9. The van der Waals surface area contributed by atoms with Crippen molar-refractivity contribution in [3.63, 3.8) is 0 Å². The van der Waals surface area contributed by atoms with Crippen molar-refractivity contribution < 1.29 is 13.5 Å². The second kappa shape index (κ2) is 5.60. The molecule has 0 aliphatic heterocycles. The molecule has 2 N–H and O–H groups in total. The van der Waals surface area contributed by atoms with E-state index in [9.17, 15) is 8.42 Å². The summed E-state index contributed by atoms with van der Waals surface area (Å²) in [6.45, 7) is -0.140. The predicted molar refractivity (Wildman–Crippen MR) is 61.9 cm³/mol. The summed E-state index contributed by atoms with van der Waals surface area (Å²) in [5, 5.41) is 8.50. The molecule has 0 atom stereocenters. The summed E-state index contributed by atoms with van der Waals surface area (Å²) in [5.74, 6) is -0.0692. The fourth-order valence-electron chi connectivity index (χ4n) is 1.05.